The van der Waals surface area contributed by atoms with Gasteiger partial charge in [-0.3, -0.25) is 4.31 Å². The number of carboxylic acids is 1. The highest BCUT2D eigenvalue weighted by molar-refractivity contribution is 7.93. The maximum absolute atomic E-state index is 11.8. The van der Waals surface area contributed by atoms with E-state index in [0.29, 0.717) is 12.2 Å². The van der Waals surface area contributed by atoms with Crippen LogP contribution < -0.4 is 4.31 Å². The van der Waals surface area contributed by atoms with Gasteiger partial charge < -0.3 is 5.11 Å². The third-order valence-electron chi connectivity index (χ3n) is 2.56. The number of hydrogen-bond donors (Lipinski definition) is 1. The third kappa shape index (κ3) is 2.23. The summed E-state index contributed by atoms with van der Waals surface area (Å²) in [6.07, 6.45) is 1.28. The molecule has 1 aromatic rings. The minimum Gasteiger partial charge on any atom is -0.477 e. The fourth-order valence-electron chi connectivity index (χ4n) is 1.82. The van der Waals surface area contributed by atoms with E-state index in [0.717, 1.165) is 0 Å². The molecule has 1 N–H and O–H groups in total. The van der Waals surface area contributed by atoms with Crippen LogP contribution in [-0.2, 0) is 10.0 Å². The van der Waals surface area contributed by atoms with E-state index in [1.807, 2.05) is 6.92 Å². The summed E-state index contributed by atoms with van der Waals surface area (Å²) in [7, 11) is -3.28. The van der Waals surface area contributed by atoms with E-state index in [1.165, 1.54) is 22.6 Å². The fraction of sp³-hybridized carbons (Fsp3) is 0.400. The summed E-state index contributed by atoms with van der Waals surface area (Å²) in [4.78, 5) is 14.3. The molecule has 1 atom stereocenters. The number of carbonyl (C=O) groups is 1. The van der Waals surface area contributed by atoms with E-state index in [1.54, 1.807) is 0 Å². The van der Waals surface area contributed by atoms with Gasteiger partial charge in [0.1, 0.15) is 5.69 Å². The average Bonchev–Trinajstić information content (AvgIpc) is 2.52. The van der Waals surface area contributed by atoms with Gasteiger partial charge in [0.05, 0.1) is 17.6 Å². The first-order valence-electron chi connectivity index (χ1n) is 5.10. The molecule has 0 radical (unpaired) electrons. The molecule has 1 saturated heterocycles. The fourth-order valence-corrected chi connectivity index (χ4v) is 3.74. The van der Waals surface area contributed by atoms with Gasteiger partial charge in [0.2, 0.25) is 10.0 Å². The van der Waals surface area contributed by atoms with E-state index in [4.69, 9.17) is 5.11 Å². The van der Waals surface area contributed by atoms with Crippen LogP contribution in [0.3, 0.4) is 0 Å². The number of pyridine rings is 1. The van der Waals surface area contributed by atoms with Crippen molar-refractivity contribution in [1.82, 2.24) is 4.98 Å². The molecule has 0 aliphatic carbocycles. The van der Waals surface area contributed by atoms with Crippen LogP contribution in [0.2, 0.25) is 0 Å². The molecule has 0 saturated carbocycles. The first-order valence-corrected chi connectivity index (χ1v) is 6.71. The van der Waals surface area contributed by atoms with Crippen molar-refractivity contribution >= 4 is 21.7 Å². The van der Waals surface area contributed by atoms with Crippen molar-refractivity contribution in [2.24, 2.45) is 5.92 Å². The molecule has 7 heteroatoms. The number of nitrogens with zero attached hydrogens (tertiary/aromatic N) is 2. The van der Waals surface area contributed by atoms with Crippen LogP contribution in [0.4, 0.5) is 5.69 Å². The summed E-state index contributed by atoms with van der Waals surface area (Å²) in [6, 6.07) is 2.77. The van der Waals surface area contributed by atoms with Crippen molar-refractivity contribution in [2.75, 3.05) is 16.6 Å². The zero-order chi connectivity index (χ0) is 12.6. The van der Waals surface area contributed by atoms with Gasteiger partial charge in [-0.1, -0.05) is 6.92 Å². The summed E-state index contributed by atoms with van der Waals surface area (Å²) < 4.78 is 24.8. The van der Waals surface area contributed by atoms with Crippen LogP contribution in [-0.4, -0.2) is 36.8 Å². The molecule has 2 rings (SSSR count). The lowest BCUT2D eigenvalue weighted by atomic mass is 10.2. The highest BCUT2D eigenvalue weighted by atomic mass is 32.2. The molecular weight excluding hydrogens is 244 g/mol. The zero-order valence-corrected chi connectivity index (χ0v) is 10.0. The number of aromatic carboxylic acids is 1. The molecule has 1 aromatic heterocycles. The highest BCUT2D eigenvalue weighted by Gasteiger charge is 2.33. The van der Waals surface area contributed by atoms with Crippen LogP contribution in [0.5, 0.6) is 0 Å². The first-order chi connectivity index (χ1) is 7.90. The van der Waals surface area contributed by atoms with Crippen LogP contribution >= 0.6 is 0 Å². The van der Waals surface area contributed by atoms with Gasteiger partial charge in [0.25, 0.3) is 0 Å². The van der Waals surface area contributed by atoms with Crippen molar-refractivity contribution in [3.05, 3.63) is 24.0 Å². The molecule has 6 nitrogen and oxygen atoms in total. The van der Waals surface area contributed by atoms with Crippen LogP contribution in [0.15, 0.2) is 18.3 Å². The smallest absolute Gasteiger partial charge is 0.354 e. The topological polar surface area (TPSA) is 87.6 Å². The molecule has 0 bridgehead atoms. The Morgan fingerprint density at radius 2 is 2.24 bits per heavy atom. The predicted octanol–water partition coefficient (Wildman–Crippen LogP) is 0.566. The molecule has 2 heterocycles. The number of hydrogen-bond acceptors (Lipinski definition) is 4. The van der Waals surface area contributed by atoms with Crippen LogP contribution in [0.25, 0.3) is 0 Å². The van der Waals surface area contributed by atoms with Gasteiger partial charge in [-0.2, -0.15) is 0 Å². The summed E-state index contributed by atoms with van der Waals surface area (Å²) >= 11 is 0. The normalized spacial score (nSPS) is 22.6. The van der Waals surface area contributed by atoms with Gasteiger partial charge in [-0.25, -0.2) is 18.2 Å². The molecule has 0 spiro atoms. The summed E-state index contributed by atoms with van der Waals surface area (Å²) in [5, 5.41) is 8.69. The zero-order valence-electron chi connectivity index (χ0n) is 9.20. The summed E-state index contributed by atoms with van der Waals surface area (Å²) in [5.41, 5.74) is 0.317. The Balaban J connectivity index is 2.32. The van der Waals surface area contributed by atoms with Crippen molar-refractivity contribution in [1.29, 1.82) is 0 Å². The average molecular weight is 256 g/mol. The Labute approximate surface area is 98.9 Å². The summed E-state index contributed by atoms with van der Waals surface area (Å²) in [6.45, 7) is 2.27. The lowest BCUT2D eigenvalue weighted by Crippen LogP contribution is -2.25. The van der Waals surface area contributed by atoms with E-state index in [-0.39, 0.29) is 17.4 Å². The second kappa shape index (κ2) is 3.99. The molecule has 1 fully saturated rings. The number of carboxylic acid groups (broad SMARTS) is 1. The van der Waals surface area contributed by atoms with E-state index in [9.17, 15) is 13.2 Å². The molecule has 1 aliphatic heterocycles. The maximum Gasteiger partial charge on any atom is 0.354 e. The number of rotatable bonds is 2. The predicted molar refractivity (Wildman–Crippen MR) is 61.5 cm³/mol. The highest BCUT2D eigenvalue weighted by Crippen LogP contribution is 2.26. The van der Waals surface area contributed by atoms with Gasteiger partial charge in [0.15, 0.2) is 0 Å². The quantitative estimate of drug-likeness (QED) is 0.835. The monoisotopic (exact) mass is 256 g/mol. The molecular formula is C10H12N2O4S. The van der Waals surface area contributed by atoms with Crippen molar-refractivity contribution in [2.45, 2.75) is 6.92 Å². The lowest BCUT2D eigenvalue weighted by Gasteiger charge is -2.16. The second-order valence-electron chi connectivity index (χ2n) is 4.12. The third-order valence-corrected chi connectivity index (χ3v) is 4.59. The molecule has 17 heavy (non-hydrogen) atoms. The first kappa shape index (κ1) is 11.8. The van der Waals surface area contributed by atoms with Crippen molar-refractivity contribution in [3.8, 4) is 0 Å². The largest absolute Gasteiger partial charge is 0.477 e. The van der Waals surface area contributed by atoms with Crippen LogP contribution in [0.1, 0.15) is 17.4 Å². The Bertz CT molecular complexity index is 538. The number of anilines is 1. The molecule has 1 aliphatic rings. The van der Waals surface area contributed by atoms with Gasteiger partial charge in [-0.05, 0) is 18.1 Å². The SMILES string of the molecule is CC1CN(c2ccc(C(=O)O)nc2)S(=O)(=O)C1. The van der Waals surface area contributed by atoms with Crippen LogP contribution in [0, 0.1) is 5.92 Å². The van der Waals surface area contributed by atoms with Crippen molar-refractivity contribution in [3.63, 3.8) is 0 Å². The minimum atomic E-state index is -3.28. The van der Waals surface area contributed by atoms with Gasteiger partial charge in [0, 0.05) is 6.54 Å². The van der Waals surface area contributed by atoms with Gasteiger partial charge in [-0.15, -0.1) is 0 Å². The van der Waals surface area contributed by atoms with E-state index < -0.39 is 16.0 Å². The second-order valence-corrected chi connectivity index (χ2v) is 6.06. The molecule has 0 aromatic carbocycles. The lowest BCUT2D eigenvalue weighted by molar-refractivity contribution is 0.0690. The maximum atomic E-state index is 11.8. The molecule has 1 unspecified atom stereocenters. The molecule has 0 amide bonds. The van der Waals surface area contributed by atoms with Crippen molar-refractivity contribution < 1.29 is 18.3 Å². The van der Waals surface area contributed by atoms with E-state index in [2.05, 4.69) is 4.98 Å². The molecule has 92 valence electrons. The van der Waals surface area contributed by atoms with Gasteiger partial charge >= 0.3 is 5.97 Å². The number of sulfonamides is 1. The standard InChI is InChI=1S/C10H12N2O4S/c1-7-5-12(17(15,16)6-7)8-2-3-9(10(13)14)11-4-8/h2-4,7H,5-6H2,1H3,(H,13,14). The number of aromatic nitrogens is 1. The Hall–Kier alpha value is -1.63. The Morgan fingerprint density at radius 1 is 1.53 bits per heavy atom. The Kier molecular flexibility index (Phi) is 2.78. The van der Waals surface area contributed by atoms with E-state index >= 15 is 0 Å². The summed E-state index contributed by atoms with van der Waals surface area (Å²) in [5.74, 6) is -0.943. The minimum absolute atomic E-state index is 0.0687. The Morgan fingerprint density at radius 3 is 2.65 bits per heavy atom.